The Labute approximate surface area is 123 Å². The SMILES string of the molecule is c1ccc(C2CN(C3CCCCCCC3)CCN2)cc1. The largest absolute Gasteiger partial charge is 0.308 e. The highest BCUT2D eigenvalue weighted by molar-refractivity contribution is 5.19. The van der Waals surface area contributed by atoms with Crippen molar-refractivity contribution in [2.75, 3.05) is 19.6 Å². The van der Waals surface area contributed by atoms with Gasteiger partial charge in [-0.3, -0.25) is 4.90 Å². The average molecular weight is 272 g/mol. The van der Waals surface area contributed by atoms with Gasteiger partial charge >= 0.3 is 0 Å². The lowest BCUT2D eigenvalue weighted by Crippen LogP contribution is -2.50. The molecule has 1 heterocycles. The summed E-state index contributed by atoms with van der Waals surface area (Å²) in [4.78, 5) is 2.76. The van der Waals surface area contributed by atoms with E-state index in [2.05, 4.69) is 40.5 Å². The van der Waals surface area contributed by atoms with Crippen LogP contribution in [0.5, 0.6) is 0 Å². The Morgan fingerprint density at radius 3 is 2.35 bits per heavy atom. The Kier molecular flexibility index (Phi) is 5.10. The third-order valence-electron chi connectivity index (χ3n) is 5.00. The van der Waals surface area contributed by atoms with E-state index in [4.69, 9.17) is 0 Å². The summed E-state index contributed by atoms with van der Waals surface area (Å²) in [7, 11) is 0. The van der Waals surface area contributed by atoms with E-state index < -0.39 is 0 Å². The first-order chi connectivity index (χ1) is 9.93. The van der Waals surface area contributed by atoms with Gasteiger partial charge in [-0.05, 0) is 18.4 Å². The van der Waals surface area contributed by atoms with Crippen molar-refractivity contribution in [3.8, 4) is 0 Å². The maximum Gasteiger partial charge on any atom is 0.0449 e. The van der Waals surface area contributed by atoms with Crippen LogP contribution < -0.4 is 5.32 Å². The van der Waals surface area contributed by atoms with Crippen molar-refractivity contribution < 1.29 is 0 Å². The number of hydrogen-bond acceptors (Lipinski definition) is 2. The highest BCUT2D eigenvalue weighted by Gasteiger charge is 2.26. The Hall–Kier alpha value is -0.860. The number of hydrogen-bond donors (Lipinski definition) is 1. The Bertz CT molecular complexity index is 382. The molecule has 1 saturated carbocycles. The van der Waals surface area contributed by atoms with E-state index in [1.54, 1.807) is 0 Å². The van der Waals surface area contributed by atoms with Crippen molar-refractivity contribution in [3.05, 3.63) is 35.9 Å². The Balaban J connectivity index is 1.62. The van der Waals surface area contributed by atoms with E-state index in [1.807, 2.05) is 0 Å². The van der Waals surface area contributed by atoms with E-state index >= 15 is 0 Å². The molecule has 1 aliphatic heterocycles. The molecule has 1 aliphatic carbocycles. The molecule has 3 rings (SSSR count). The standard InChI is InChI=1S/C18H28N2/c1-2-7-11-17(12-8-3-1)20-14-13-19-18(15-20)16-9-5-4-6-10-16/h4-6,9-10,17-19H,1-3,7-8,11-15H2. The highest BCUT2D eigenvalue weighted by atomic mass is 15.2. The van der Waals surface area contributed by atoms with Crippen LogP contribution in [0, 0.1) is 0 Å². The van der Waals surface area contributed by atoms with E-state index in [1.165, 1.54) is 63.6 Å². The van der Waals surface area contributed by atoms with Crippen LogP contribution in [0.25, 0.3) is 0 Å². The molecular weight excluding hydrogens is 244 g/mol. The zero-order chi connectivity index (χ0) is 13.6. The second-order valence-corrected chi connectivity index (χ2v) is 6.41. The van der Waals surface area contributed by atoms with Gasteiger partial charge in [0.2, 0.25) is 0 Å². The second kappa shape index (κ2) is 7.24. The van der Waals surface area contributed by atoms with Crippen LogP contribution >= 0.6 is 0 Å². The van der Waals surface area contributed by atoms with Crippen molar-refractivity contribution in [2.24, 2.45) is 0 Å². The molecule has 2 fully saturated rings. The Morgan fingerprint density at radius 1 is 0.900 bits per heavy atom. The first kappa shape index (κ1) is 14.1. The number of benzene rings is 1. The van der Waals surface area contributed by atoms with Crippen LogP contribution in [0.4, 0.5) is 0 Å². The van der Waals surface area contributed by atoms with E-state index in [0.29, 0.717) is 6.04 Å². The van der Waals surface area contributed by atoms with E-state index in [0.717, 1.165) is 12.6 Å². The zero-order valence-corrected chi connectivity index (χ0v) is 12.6. The molecule has 1 aromatic carbocycles. The first-order valence-electron chi connectivity index (χ1n) is 8.46. The van der Waals surface area contributed by atoms with Crippen molar-refractivity contribution in [1.29, 1.82) is 0 Å². The van der Waals surface area contributed by atoms with Gasteiger partial charge in [0.15, 0.2) is 0 Å². The zero-order valence-electron chi connectivity index (χ0n) is 12.6. The number of rotatable bonds is 2. The third-order valence-corrected chi connectivity index (χ3v) is 5.00. The van der Waals surface area contributed by atoms with Crippen LogP contribution in [-0.2, 0) is 0 Å². The Morgan fingerprint density at radius 2 is 1.60 bits per heavy atom. The summed E-state index contributed by atoms with van der Waals surface area (Å²) in [6, 6.07) is 12.3. The smallest absolute Gasteiger partial charge is 0.0449 e. The van der Waals surface area contributed by atoms with Crippen LogP contribution in [0.15, 0.2) is 30.3 Å². The fourth-order valence-corrected chi connectivity index (χ4v) is 3.81. The minimum atomic E-state index is 0.524. The maximum atomic E-state index is 3.69. The molecule has 0 bridgehead atoms. The van der Waals surface area contributed by atoms with E-state index in [9.17, 15) is 0 Å². The van der Waals surface area contributed by atoms with E-state index in [-0.39, 0.29) is 0 Å². The lowest BCUT2D eigenvalue weighted by atomic mass is 9.94. The normalized spacial score (nSPS) is 26.9. The molecular formula is C18H28N2. The summed E-state index contributed by atoms with van der Waals surface area (Å²) >= 11 is 0. The minimum Gasteiger partial charge on any atom is -0.308 e. The molecule has 0 radical (unpaired) electrons. The minimum absolute atomic E-state index is 0.524. The van der Waals surface area contributed by atoms with Gasteiger partial charge in [0, 0.05) is 31.7 Å². The van der Waals surface area contributed by atoms with Gasteiger partial charge in [-0.15, -0.1) is 0 Å². The first-order valence-corrected chi connectivity index (χ1v) is 8.46. The predicted octanol–water partition coefficient (Wildman–Crippen LogP) is 3.75. The summed E-state index contributed by atoms with van der Waals surface area (Å²) < 4.78 is 0. The molecule has 20 heavy (non-hydrogen) atoms. The van der Waals surface area contributed by atoms with Crippen molar-refractivity contribution in [2.45, 2.75) is 57.0 Å². The second-order valence-electron chi connectivity index (χ2n) is 6.41. The molecule has 0 aromatic heterocycles. The highest BCUT2D eigenvalue weighted by Crippen LogP contribution is 2.25. The van der Waals surface area contributed by atoms with Gasteiger partial charge in [-0.1, -0.05) is 62.4 Å². The quantitative estimate of drug-likeness (QED) is 0.882. The molecule has 1 saturated heterocycles. The third kappa shape index (κ3) is 3.62. The predicted molar refractivity (Wildman–Crippen MR) is 84.9 cm³/mol. The summed E-state index contributed by atoms with van der Waals surface area (Å²) in [5, 5.41) is 3.69. The molecule has 2 heteroatoms. The molecule has 110 valence electrons. The lowest BCUT2D eigenvalue weighted by Gasteiger charge is -2.40. The number of nitrogens with one attached hydrogen (secondary N) is 1. The van der Waals surface area contributed by atoms with Gasteiger partial charge in [0.1, 0.15) is 0 Å². The summed E-state index contributed by atoms with van der Waals surface area (Å²) in [6.07, 6.45) is 10.1. The fraction of sp³-hybridized carbons (Fsp3) is 0.667. The van der Waals surface area contributed by atoms with Gasteiger partial charge in [0.25, 0.3) is 0 Å². The fourth-order valence-electron chi connectivity index (χ4n) is 3.81. The summed E-state index contributed by atoms with van der Waals surface area (Å²) in [5.74, 6) is 0. The van der Waals surface area contributed by atoms with Gasteiger partial charge in [0.05, 0.1) is 0 Å². The maximum absolute atomic E-state index is 3.69. The molecule has 1 unspecified atom stereocenters. The van der Waals surface area contributed by atoms with Crippen LogP contribution in [0.3, 0.4) is 0 Å². The lowest BCUT2D eigenvalue weighted by molar-refractivity contribution is 0.122. The van der Waals surface area contributed by atoms with Crippen molar-refractivity contribution in [1.82, 2.24) is 10.2 Å². The number of nitrogens with zero attached hydrogens (tertiary/aromatic N) is 1. The van der Waals surface area contributed by atoms with Crippen molar-refractivity contribution >= 4 is 0 Å². The molecule has 1 atom stereocenters. The average Bonchev–Trinajstić information content (AvgIpc) is 2.48. The molecule has 2 aliphatic rings. The topological polar surface area (TPSA) is 15.3 Å². The molecule has 2 nitrogen and oxygen atoms in total. The molecule has 0 spiro atoms. The summed E-state index contributed by atoms with van der Waals surface area (Å²) in [6.45, 7) is 3.55. The molecule has 1 N–H and O–H groups in total. The number of piperazine rings is 1. The van der Waals surface area contributed by atoms with Crippen LogP contribution in [0.2, 0.25) is 0 Å². The van der Waals surface area contributed by atoms with Crippen LogP contribution in [-0.4, -0.2) is 30.6 Å². The van der Waals surface area contributed by atoms with Gasteiger partial charge < -0.3 is 5.32 Å². The summed E-state index contributed by atoms with van der Waals surface area (Å²) in [5.41, 5.74) is 1.45. The monoisotopic (exact) mass is 272 g/mol. The van der Waals surface area contributed by atoms with Gasteiger partial charge in [-0.25, -0.2) is 0 Å². The van der Waals surface area contributed by atoms with Crippen LogP contribution in [0.1, 0.15) is 56.6 Å². The van der Waals surface area contributed by atoms with Crippen molar-refractivity contribution in [3.63, 3.8) is 0 Å². The molecule has 1 aromatic rings. The molecule has 0 amide bonds. The van der Waals surface area contributed by atoms with Gasteiger partial charge in [-0.2, -0.15) is 0 Å².